The van der Waals surface area contributed by atoms with Crippen LogP contribution in [-0.4, -0.2) is 36.9 Å². The summed E-state index contributed by atoms with van der Waals surface area (Å²) in [5.41, 5.74) is 4.91. The molecular formula is C8H14F5NO3S. The van der Waals surface area contributed by atoms with E-state index in [4.69, 9.17) is 10.3 Å². The van der Waals surface area contributed by atoms with Gasteiger partial charge in [-0.2, -0.15) is 26.0 Å². The third kappa shape index (κ3) is 4.50. The molecule has 0 aliphatic carbocycles. The third-order valence-electron chi connectivity index (χ3n) is 1.63. The summed E-state index contributed by atoms with van der Waals surface area (Å²) in [6, 6.07) is 0. The topological polar surface area (TPSA) is 80.4 Å². The zero-order valence-corrected chi connectivity index (χ0v) is 10.2. The zero-order valence-electron chi connectivity index (χ0n) is 9.42. The van der Waals surface area contributed by atoms with E-state index in [1.165, 1.54) is 0 Å². The minimum Gasteiger partial charge on any atom is -0.327 e. The molecule has 0 spiro atoms. The van der Waals surface area contributed by atoms with E-state index in [0.29, 0.717) is 6.54 Å². The normalized spacial score (nSPS) is 14.4. The summed E-state index contributed by atoms with van der Waals surface area (Å²) >= 11 is 0. The molecule has 1 unspecified atom stereocenters. The monoisotopic (exact) mass is 299 g/mol. The average Bonchev–Trinajstić information content (AvgIpc) is 2.26. The summed E-state index contributed by atoms with van der Waals surface area (Å²) in [4.78, 5) is 0. The minimum atomic E-state index is -6.34. The number of hydrogen-bond donors (Lipinski definition) is 2. The molecule has 110 valence electrons. The predicted octanol–water partition coefficient (Wildman–Crippen LogP) is 1.98. The van der Waals surface area contributed by atoms with Crippen LogP contribution in [0.15, 0.2) is 12.7 Å². The predicted molar refractivity (Wildman–Crippen MR) is 55.9 cm³/mol. The van der Waals surface area contributed by atoms with E-state index in [0.717, 1.165) is 6.92 Å². The minimum absolute atomic E-state index is 0.583. The largest absolute Gasteiger partial charge is 0.434 e. The molecule has 0 radical (unpaired) electrons. The maximum atomic E-state index is 12.4. The van der Waals surface area contributed by atoms with Crippen LogP contribution in [0.4, 0.5) is 22.0 Å². The summed E-state index contributed by atoms with van der Waals surface area (Å²) < 4.78 is 89.4. The van der Waals surface area contributed by atoms with E-state index >= 15 is 0 Å². The molecule has 0 aliphatic rings. The molecule has 0 saturated heterocycles. The van der Waals surface area contributed by atoms with Crippen molar-refractivity contribution in [3.05, 3.63) is 12.7 Å². The van der Waals surface area contributed by atoms with Gasteiger partial charge in [-0.3, -0.25) is 4.55 Å². The zero-order chi connectivity index (χ0) is 15.2. The standard InChI is InChI=1S/C5H7F5O3S.C3H7N/c1-2-3(6)4(7,8)5(9,10)14(11,12)13;1-2-3-4/h3H,2H2,1H3,(H,11,12,13);2H,1,3-4H2. The molecule has 0 aromatic carbocycles. The quantitative estimate of drug-likeness (QED) is 0.462. The van der Waals surface area contributed by atoms with Crippen molar-refractivity contribution in [1.29, 1.82) is 0 Å². The first kappa shape index (κ1) is 19.6. The molecule has 10 heteroatoms. The first-order valence-corrected chi connectivity index (χ1v) is 6.01. The van der Waals surface area contributed by atoms with E-state index < -0.39 is 33.9 Å². The fraction of sp³-hybridized carbons (Fsp3) is 0.750. The summed E-state index contributed by atoms with van der Waals surface area (Å²) in [7, 11) is -6.34. The average molecular weight is 299 g/mol. The Balaban J connectivity index is 0. The van der Waals surface area contributed by atoms with Gasteiger partial charge in [0.2, 0.25) is 0 Å². The van der Waals surface area contributed by atoms with Crippen LogP contribution >= 0.6 is 0 Å². The van der Waals surface area contributed by atoms with Gasteiger partial charge in [-0.15, -0.1) is 6.58 Å². The van der Waals surface area contributed by atoms with E-state index in [1.54, 1.807) is 6.08 Å². The molecule has 0 amide bonds. The van der Waals surface area contributed by atoms with Gasteiger partial charge in [0, 0.05) is 6.54 Å². The van der Waals surface area contributed by atoms with Gasteiger partial charge in [0.05, 0.1) is 0 Å². The number of nitrogens with two attached hydrogens (primary N) is 1. The molecule has 0 rings (SSSR count). The summed E-state index contributed by atoms with van der Waals surface area (Å²) in [5, 5.41) is -5.82. The van der Waals surface area contributed by atoms with Gasteiger partial charge >= 0.3 is 21.3 Å². The van der Waals surface area contributed by atoms with Crippen LogP contribution in [0.5, 0.6) is 0 Å². The Kier molecular flexibility index (Phi) is 7.62. The molecule has 0 aliphatic heterocycles. The summed E-state index contributed by atoms with van der Waals surface area (Å²) in [5.74, 6) is -5.45. The van der Waals surface area contributed by atoms with Crippen LogP contribution < -0.4 is 5.73 Å². The summed E-state index contributed by atoms with van der Waals surface area (Å²) in [6.07, 6.45) is -2.70. The second kappa shape index (κ2) is 7.00. The van der Waals surface area contributed by atoms with E-state index in [-0.39, 0.29) is 0 Å². The molecule has 0 aromatic rings. The van der Waals surface area contributed by atoms with Crippen molar-refractivity contribution in [2.75, 3.05) is 6.54 Å². The second-order valence-electron chi connectivity index (χ2n) is 3.01. The van der Waals surface area contributed by atoms with Crippen LogP contribution in [-0.2, 0) is 10.1 Å². The van der Waals surface area contributed by atoms with Crippen molar-refractivity contribution in [1.82, 2.24) is 0 Å². The Morgan fingerprint density at radius 1 is 1.39 bits per heavy atom. The van der Waals surface area contributed by atoms with Crippen molar-refractivity contribution < 1.29 is 34.9 Å². The fourth-order valence-electron chi connectivity index (χ4n) is 0.611. The number of hydrogen-bond acceptors (Lipinski definition) is 3. The first-order valence-electron chi connectivity index (χ1n) is 4.57. The SMILES string of the molecule is C=CCN.CCC(F)C(F)(F)C(F)(F)S(=O)(=O)O. The molecular weight excluding hydrogens is 285 g/mol. The maximum absolute atomic E-state index is 12.4. The highest BCUT2D eigenvalue weighted by atomic mass is 32.2. The molecule has 1 atom stereocenters. The fourth-order valence-corrected chi connectivity index (χ4v) is 1.08. The highest BCUT2D eigenvalue weighted by Crippen LogP contribution is 2.42. The highest BCUT2D eigenvalue weighted by Gasteiger charge is 2.69. The molecule has 18 heavy (non-hydrogen) atoms. The number of rotatable bonds is 5. The van der Waals surface area contributed by atoms with Crippen molar-refractivity contribution in [2.45, 2.75) is 30.7 Å². The van der Waals surface area contributed by atoms with Gasteiger partial charge in [0.1, 0.15) is 0 Å². The summed E-state index contributed by atoms with van der Waals surface area (Å²) in [6.45, 7) is 4.77. The van der Waals surface area contributed by atoms with Gasteiger partial charge < -0.3 is 5.73 Å². The molecule has 0 aromatic heterocycles. The van der Waals surface area contributed by atoms with E-state index in [2.05, 4.69) is 6.58 Å². The van der Waals surface area contributed by atoms with E-state index in [9.17, 15) is 30.4 Å². The Morgan fingerprint density at radius 3 is 1.89 bits per heavy atom. The molecule has 3 N–H and O–H groups in total. The van der Waals surface area contributed by atoms with E-state index in [1.807, 2.05) is 0 Å². The van der Waals surface area contributed by atoms with Gasteiger partial charge in [-0.25, -0.2) is 4.39 Å². The van der Waals surface area contributed by atoms with Crippen molar-refractivity contribution >= 4 is 10.1 Å². The van der Waals surface area contributed by atoms with Crippen molar-refractivity contribution in [3.8, 4) is 0 Å². The molecule has 0 saturated carbocycles. The molecule has 4 nitrogen and oxygen atoms in total. The Hall–Kier alpha value is -0.740. The maximum Gasteiger partial charge on any atom is 0.434 e. The lowest BCUT2D eigenvalue weighted by atomic mass is 10.2. The van der Waals surface area contributed by atoms with Gasteiger partial charge in [0.25, 0.3) is 0 Å². The molecule has 0 bridgehead atoms. The Labute approximate surface area is 101 Å². The van der Waals surface area contributed by atoms with Crippen LogP contribution in [0.2, 0.25) is 0 Å². The number of alkyl halides is 5. The third-order valence-corrected chi connectivity index (χ3v) is 2.55. The lowest BCUT2D eigenvalue weighted by molar-refractivity contribution is -0.197. The van der Waals surface area contributed by atoms with Crippen LogP contribution in [0.3, 0.4) is 0 Å². The first-order chi connectivity index (χ1) is 7.90. The molecule has 0 heterocycles. The Morgan fingerprint density at radius 2 is 1.72 bits per heavy atom. The Bertz CT molecular complexity index is 358. The van der Waals surface area contributed by atoms with Crippen LogP contribution in [0.25, 0.3) is 0 Å². The number of halogens is 5. The lowest BCUT2D eigenvalue weighted by Gasteiger charge is -2.25. The van der Waals surface area contributed by atoms with Gasteiger partial charge in [-0.05, 0) is 6.42 Å². The van der Waals surface area contributed by atoms with Gasteiger partial charge in [0.15, 0.2) is 6.17 Å². The second-order valence-corrected chi connectivity index (χ2v) is 4.48. The smallest absolute Gasteiger partial charge is 0.327 e. The lowest BCUT2D eigenvalue weighted by Crippen LogP contribution is -2.52. The highest BCUT2D eigenvalue weighted by molar-refractivity contribution is 7.87. The van der Waals surface area contributed by atoms with Gasteiger partial charge in [-0.1, -0.05) is 13.0 Å². The van der Waals surface area contributed by atoms with Crippen molar-refractivity contribution in [3.63, 3.8) is 0 Å². The van der Waals surface area contributed by atoms with Crippen LogP contribution in [0, 0.1) is 0 Å². The molecule has 0 fully saturated rings. The van der Waals surface area contributed by atoms with Crippen molar-refractivity contribution in [2.24, 2.45) is 5.73 Å². The van der Waals surface area contributed by atoms with Crippen LogP contribution in [0.1, 0.15) is 13.3 Å².